The van der Waals surface area contributed by atoms with Crippen molar-refractivity contribution in [3.8, 4) is 0 Å². The zero-order valence-corrected chi connectivity index (χ0v) is 17.3. The van der Waals surface area contributed by atoms with Crippen molar-refractivity contribution in [2.24, 2.45) is 0 Å². The fraction of sp³-hybridized carbons (Fsp3) is 0.600. The highest BCUT2D eigenvalue weighted by Gasteiger charge is 2.10. The van der Waals surface area contributed by atoms with E-state index in [0.717, 1.165) is 11.6 Å². The van der Waals surface area contributed by atoms with Crippen molar-refractivity contribution < 1.29 is 18.9 Å². The highest BCUT2D eigenvalue weighted by molar-refractivity contribution is 5.35. The van der Waals surface area contributed by atoms with Gasteiger partial charge in [-0.3, -0.25) is 9.97 Å². The summed E-state index contributed by atoms with van der Waals surface area (Å²) in [7, 11) is 0. The van der Waals surface area contributed by atoms with Crippen LogP contribution in [0.4, 0.5) is 11.6 Å². The molecular weight excluding hydrogens is 388 g/mol. The molecule has 0 atom stereocenters. The van der Waals surface area contributed by atoms with Crippen molar-refractivity contribution in [3.05, 3.63) is 37.2 Å². The molecule has 0 bridgehead atoms. The lowest BCUT2D eigenvalue weighted by Gasteiger charge is -2.24. The molecular formula is C20H30N6O4. The van der Waals surface area contributed by atoms with Crippen molar-refractivity contribution in [2.45, 2.75) is 0 Å². The quantitative estimate of drug-likeness (QED) is 0.692. The normalized spacial score (nSPS) is 19.1. The zero-order chi connectivity index (χ0) is 20.7. The van der Waals surface area contributed by atoms with Gasteiger partial charge in [0.25, 0.3) is 0 Å². The standard InChI is InChI=1S/C20H30N6O4/c1-3-23-19(17-21-1)25-5-9-27-13-15-29-11-7-26(20-18-22-2-4-24-20)8-12-30-16-14-28-10-6-25/h1-4,17-18H,5-16H2. The van der Waals surface area contributed by atoms with E-state index >= 15 is 0 Å². The Morgan fingerprint density at radius 1 is 0.500 bits per heavy atom. The van der Waals surface area contributed by atoms with Gasteiger partial charge in [0.1, 0.15) is 11.6 Å². The van der Waals surface area contributed by atoms with Crippen molar-refractivity contribution in [2.75, 3.05) is 88.8 Å². The number of ether oxygens (including phenoxy) is 4. The fourth-order valence-electron chi connectivity index (χ4n) is 2.93. The number of rotatable bonds is 2. The third-order valence-corrected chi connectivity index (χ3v) is 4.51. The predicted molar refractivity (Wildman–Crippen MR) is 112 cm³/mol. The van der Waals surface area contributed by atoms with E-state index < -0.39 is 0 Å². The van der Waals surface area contributed by atoms with E-state index in [1.165, 1.54) is 0 Å². The average Bonchev–Trinajstić information content (AvgIpc) is 2.80. The van der Waals surface area contributed by atoms with Crippen LogP contribution in [0.2, 0.25) is 0 Å². The monoisotopic (exact) mass is 418 g/mol. The molecule has 0 spiro atoms. The highest BCUT2D eigenvalue weighted by Crippen LogP contribution is 2.08. The summed E-state index contributed by atoms with van der Waals surface area (Å²) in [5, 5.41) is 0. The van der Waals surface area contributed by atoms with Gasteiger partial charge < -0.3 is 28.7 Å². The second-order valence-electron chi connectivity index (χ2n) is 6.55. The minimum Gasteiger partial charge on any atom is -0.377 e. The Bertz CT molecular complexity index is 602. The summed E-state index contributed by atoms with van der Waals surface area (Å²) in [4.78, 5) is 21.3. The maximum Gasteiger partial charge on any atom is 0.147 e. The number of nitrogens with zero attached hydrogens (tertiary/aromatic N) is 6. The Kier molecular flexibility index (Phi) is 10.2. The first kappa shape index (κ1) is 22.3. The summed E-state index contributed by atoms with van der Waals surface area (Å²) in [5.74, 6) is 1.63. The molecule has 0 radical (unpaired) electrons. The predicted octanol–water partition coefficient (Wildman–Crippen LogP) is 0.660. The molecule has 1 fully saturated rings. The second-order valence-corrected chi connectivity index (χ2v) is 6.55. The molecule has 3 heterocycles. The van der Waals surface area contributed by atoms with Gasteiger partial charge in [0.15, 0.2) is 0 Å². The number of hydrogen-bond donors (Lipinski definition) is 0. The molecule has 2 aromatic rings. The molecule has 0 N–H and O–H groups in total. The third kappa shape index (κ3) is 8.15. The Labute approximate surface area is 177 Å². The minimum atomic E-state index is 0.541. The maximum atomic E-state index is 5.73. The van der Waals surface area contributed by atoms with Gasteiger partial charge >= 0.3 is 0 Å². The summed E-state index contributed by atoms with van der Waals surface area (Å²) in [5.41, 5.74) is 0. The van der Waals surface area contributed by atoms with Crippen LogP contribution in [-0.4, -0.2) is 99.0 Å². The Morgan fingerprint density at radius 3 is 1.17 bits per heavy atom. The molecule has 164 valence electrons. The fourth-order valence-corrected chi connectivity index (χ4v) is 2.93. The van der Waals surface area contributed by atoms with Gasteiger partial charge in [-0.15, -0.1) is 0 Å². The van der Waals surface area contributed by atoms with Crippen LogP contribution >= 0.6 is 0 Å². The van der Waals surface area contributed by atoms with E-state index in [1.807, 2.05) is 0 Å². The summed E-state index contributed by atoms with van der Waals surface area (Å²) < 4.78 is 22.9. The van der Waals surface area contributed by atoms with Crippen LogP contribution in [0, 0.1) is 0 Å². The average molecular weight is 418 g/mol. The van der Waals surface area contributed by atoms with Gasteiger partial charge in [-0.05, 0) is 0 Å². The Hall–Kier alpha value is -2.40. The zero-order valence-electron chi connectivity index (χ0n) is 17.3. The van der Waals surface area contributed by atoms with Gasteiger partial charge in [0.05, 0.1) is 65.2 Å². The lowest BCUT2D eigenvalue weighted by Crippen LogP contribution is -2.33. The molecule has 0 saturated carbocycles. The Balaban J connectivity index is 1.48. The SMILES string of the molecule is c1cnc(N2CCOCCOCCN(c3cnccn3)CCOCCOCC2)cn1. The van der Waals surface area contributed by atoms with E-state index in [2.05, 4.69) is 29.7 Å². The highest BCUT2D eigenvalue weighted by atomic mass is 16.5. The molecule has 1 saturated heterocycles. The van der Waals surface area contributed by atoms with E-state index in [0.29, 0.717) is 79.0 Å². The lowest BCUT2D eigenvalue weighted by molar-refractivity contribution is 0.0434. The molecule has 1 aliphatic rings. The molecule has 30 heavy (non-hydrogen) atoms. The van der Waals surface area contributed by atoms with Crippen LogP contribution in [0.25, 0.3) is 0 Å². The van der Waals surface area contributed by atoms with E-state index in [-0.39, 0.29) is 0 Å². The molecule has 0 aromatic carbocycles. The van der Waals surface area contributed by atoms with Gasteiger partial charge in [-0.1, -0.05) is 0 Å². The van der Waals surface area contributed by atoms with Crippen LogP contribution in [0.5, 0.6) is 0 Å². The maximum absolute atomic E-state index is 5.73. The van der Waals surface area contributed by atoms with Crippen molar-refractivity contribution in [1.29, 1.82) is 0 Å². The molecule has 0 amide bonds. The molecule has 0 unspecified atom stereocenters. The lowest BCUT2D eigenvalue weighted by atomic mass is 10.4. The van der Waals surface area contributed by atoms with Crippen LogP contribution in [0.3, 0.4) is 0 Å². The van der Waals surface area contributed by atoms with Crippen molar-refractivity contribution >= 4 is 11.6 Å². The van der Waals surface area contributed by atoms with Crippen LogP contribution < -0.4 is 9.80 Å². The largest absolute Gasteiger partial charge is 0.377 e. The van der Waals surface area contributed by atoms with Crippen molar-refractivity contribution in [1.82, 2.24) is 19.9 Å². The van der Waals surface area contributed by atoms with E-state index in [1.54, 1.807) is 37.2 Å². The first-order valence-electron chi connectivity index (χ1n) is 10.3. The minimum absolute atomic E-state index is 0.541. The Morgan fingerprint density at radius 2 is 0.867 bits per heavy atom. The van der Waals surface area contributed by atoms with Crippen LogP contribution in [-0.2, 0) is 18.9 Å². The smallest absolute Gasteiger partial charge is 0.147 e. The first-order chi connectivity index (χ1) is 14.9. The number of hydrogen-bond acceptors (Lipinski definition) is 10. The summed E-state index contributed by atoms with van der Waals surface area (Å²) in [6.45, 7) is 7.30. The first-order valence-corrected chi connectivity index (χ1v) is 10.3. The summed E-state index contributed by atoms with van der Waals surface area (Å²) >= 11 is 0. The third-order valence-electron chi connectivity index (χ3n) is 4.51. The van der Waals surface area contributed by atoms with Crippen molar-refractivity contribution in [3.63, 3.8) is 0 Å². The summed E-state index contributed by atoms with van der Waals surface area (Å²) in [6, 6.07) is 0. The topological polar surface area (TPSA) is 95.0 Å². The number of aromatic nitrogens is 4. The molecule has 2 aromatic heterocycles. The number of anilines is 2. The van der Waals surface area contributed by atoms with Gasteiger partial charge in [-0.25, -0.2) is 9.97 Å². The molecule has 1 aliphatic heterocycles. The van der Waals surface area contributed by atoms with E-state index in [4.69, 9.17) is 18.9 Å². The molecule has 0 aliphatic carbocycles. The molecule has 10 nitrogen and oxygen atoms in total. The van der Waals surface area contributed by atoms with Gasteiger partial charge in [-0.2, -0.15) is 0 Å². The van der Waals surface area contributed by atoms with Crippen LogP contribution in [0.1, 0.15) is 0 Å². The van der Waals surface area contributed by atoms with Gasteiger partial charge in [0.2, 0.25) is 0 Å². The molecule has 3 rings (SSSR count). The second kappa shape index (κ2) is 13.8. The molecule has 10 heteroatoms. The van der Waals surface area contributed by atoms with E-state index in [9.17, 15) is 0 Å². The van der Waals surface area contributed by atoms with Crippen LogP contribution in [0.15, 0.2) is 37.2 Å². The summed E-state index contributed by atoms with van der Waals surface area (Å²) in [6.07, 6.45) is 10.2. The van der Waals surface area contributed by atoms with Gasteiger partial charge in [0, 0.05) is 51.0 Å².